The average molecular weight is 324 g/mol. The normalized spacial score (nSPS) is 10.4. The quantitative estimate of drug-likeness (QED) is 0.920. The third-order valence-electron chi connectivity index (χ3n) is 2.50. The summed E-state index contributed by atoms with van der Waals surface area (Å²) in [5.41, 5.74) is 1.26. The molecule has 1 aromatic carbocycles. The first kappa shape index (κ1) is 13.8. The Balaban J connectivity index is 2.00. The van der Waals surface area contributed by atoms with Gasteiger partial charge in [-0.2, -0.15) is 5.10 Å². The number of amides is 1. The SMILES string of the molecule is COCCn1cc(NC(=O)c2cccc(Br)c2)cn1. The van der Waals surface area contributed by atoms with Crippen molar-refractivity contribution in [1.82, 2.24) is 9.78 Å². The fraction of sp³-hybridized carbons (Fsp3) is 0.231. The van der Waals surface area contributed by atoms with E-state index in [4.69, 9.17) is 4.74 Å². The highest BCUT2D eigenvalue weighted by molar-refractivity contribution is 9.10. The second-order valence-corrected chi connectivity index (χ2v) is 4.87. The van der Waals surface area contributed by atoms with E-state index in [-0.39, 0.29) is 5.91 Å². The molecule has 0 aliphatic heterocycles. The monoisotopic (exact) mass is 323 g/mol. The lowest BCUT2D eigenvalue weighted by molar-refractivity contribution is 0.102. The van der Waals surface area contributed by atoms with Gasteiger partial charge in [0.1, 0.15) is 0 Å². The van der Waals surface area contributed by atoms with Gasteiger partial charge in [-0.05, 0) is 18.2 Å². The number of hydrogen-bond acceptors (Lipinski definition) is 3. The van der Waals surface area contributed by atoms with Gasteiger partial charge in [-0.1, -0.05) is 22.0 Å². The Morgan fingerprint density at radius 2 is 2.37 bits per heavy atom. The van der Waals surface area contributed by atoms with Crippen LogP contribution in [-0.4, -0.2) is 29.4 Å². The van der Waals surface area contributed by atoms with E-state index in [1.165, 1.54) is 0 Å². The molecular weight excluding hydrogens is 310 g/mol. The number of benzene rings is 1. The topological polar surface area (TPSA) is 56.1 Å². The van der Waals surface area contributed by atoms with E-state index in [0.29, 0.717) is 24.4 Å². The van der Waals surface area contributed by atoms with Gasteiger partial charge in [0.25, 0.3) is 5.91 Å². The molecule has 1 N–H and O–H groups in total. The molecule has 0 atom stereocenters. The Morgan fingerprint density at radius 3 is 3.11 bits per heavy atom. The molecule has 0 saturated heterocycles. The van der Waals surface area contributed by atoms with Crippen molar-refractivity contribution in [2.24, 2.45) is 0 Å². The molecule has 0 fully saturated rings. The number of carbonyl (C=O) groups is 1. The molecule has 0 unspecified atom stereocenters. The summed E-state index contributed by atoms with van der Waals surface area (Å²) in [4.78, 5) is 12.0. The zero-order valence-corrected chi connectivity index (χ0v) is 12.1. The van der Waals surface area contributed by atoms with Gasteiger partial charge in [-0.25, -0.2) is 0 Å². The highest BCUT2D eigenvalue weighted by Gasteiger charge is 2.07. The zero-order chi connectivity index (χ0) is 13.7. The van der Waals surface area contributed by atoms with Crippen LogP contribution in [0, 0.1) is 0 Å². The van der Waals surface area contributed by atoms with Crippen molar-refractivity contribution in [3.05, 3.63) is 46.7 Å². The van der Waals surface area contributed by atoms with E-state index in [9.17, 15) is 4.79 Å². The van der Waals surface area contributed by atoms with Gasteiger partial charge < -0.3 is 10.1 Å². The molecule has 1 amide bonds. The third-order valence-corrected chi connectivity index (χ3v) is 3.00. The van der Waals surface area contributed by atoms with Crippen LogP contribution in [0.3, 0.4) is 0 Å². The first-order chi connectivity index (χ1) is 9.19. The van der Waals surface area contributed by atoms with E-state index in [2.05, 4.69) is 26.3 Å². The summed E-state index contributed by atoms with van der Waals surface area (Å²) in [7, 11) is 1.64. The van der Waals surface area contributed by atoms with E-state index in [0.717, 1.165) is 4.47 Å². The van der Waals surface area contributed by atoms with Crippen molar-refractivity contribution in [2.75, 3.05) is 19.0 Å². The maximum Gasteiger partial charge on any atom is 0.255 e. The Morgan fingerprint density at radius 1 is 1.53 bits per heavy atom. The number of ether oxygens (including phenoxy) is 1. The number of methoxy groups -OCH3 is 1. The highest BCUT2D eigenvalue weighted by atomic mass is 79.9. The highest BCUT2D eigenvalue weighted by Crippen LogP contribution is 2.13. The lowest BCUT2D eigenvalue weighted by Gasteiger charge is -2.03. The van der Waals surface area contributed by atoms with Crippen LogP contribution in [0.15, 0.2) is 41.1 Å². The lowest BCUT2D eigenvalue weighted by atomic mass is 10.2. The van der Waals surface area contributed by atoms with E-state index in [1.807, 2.05) is 12.1 Å². The zero-order valence-electron chi connectivity index (χ0n) is 10.5. The van der Waals surface area contributed by atoms with E-state index in [1.54, 1.807) is 36.3 Å². The van der Waals surface area contributed by atoms with Crippen molar-refractivity contribution < 1.29 is 9.53 Å². The van der Waals surface area contributed by atoms with Crippen molar-refractivity contribution in [3.8, 4) is 0 Å². The molecule has 0 aliphatic carbocycles. The maximum absolute atomic E-state index is 12.0. The largest absolute Gasteiger partial charge is 0.383 e. The molecule has 2 rings (SSSR count). The molecule has 0 bridgehead atoms. The first-order valence-electron chi connectivity index (χ1n) is 5.77. The second kappa shape index (κ2) is 6.49. The Kier molecular flexibility index (Phi) is 4.70. The first-order valence-corrected chi connectivity index (χ1v) is 6.56. The molecular formula is C13H14BrN3O2. The standard InChI is InChI=1S/C13H14BrN3O2/c1-19-6-5-17-9-12(8-15-17)16-13(18)10-3-2-4-11(14)7-10/h2-4,7-9H,5-6H2,1H3,(H,16,18). The summed E-state index contributed by atoms with van der Waals surface area (Å²) in [6.45, 7) is 1.24. The minimum Gasteiger partial charge on any atom is -0.383 e. The smallest absolute Gasteiger partial charge is 0.255 e. The third kappa shape index (κ3) is 3.90. The minimum absolute atomic E-state index is 0.160. The molecule has 0 saturated carbocycles. The van der Waals surface area contributed by atoms with Crippen LogP contribution < -0.4 is 5.32 Å². The maximum atomic E-state index is 12.0. The van der Waals surface area contributed by atoms with Crippen molar-refractivity contribution in [2.45, 2.75) is 6.54 Å². The number of nitrogens with one attached hydrogen (secondary N) is 1. The van der Waals surface area contributed by atoms with Gasteiger partial charge in [0.15, 0.2) is 0 Å². The number of hydrogen-bond donors (Lipinski definition) is 1. The predicted molar refractivity (Wildman–Crippen MR) is 76.2 cm³/mol. The minimum atomic E-state index is -0.160. The molecule has 1 aromatic heterocycles. The molecule has 6 heteroatoms. The fourth-order valence-corrected chi connectivity index (χ4v) is 1.97. The van der Waals surface area contributed by atoms with Crippen LogP contribution in [0.4, 0.5) is 5.69 Å². The average Bonchev–Trinajstić information content (AvgIpc) is 2.84. The number of rotatable bonds is 5. The summed E-state index contributed by atoms with van der Waals surface area (Å²) in [5.74, 6) is -0.160. The molecule has 1 heterocycles. The van der Waals surface area contributed by atoms with Gasteiger partial charge in [-0.3, -0.25) is 9.48 Å². The fourth-order valence-electron chi connectivity index (χ4n) is 1.57. The van der Waals surface area contributed by atoms with E-state index >= 15 is 0 Å². The summed E-state index contributed by atoms with van der Waals surface area (Å²) in [6, 6.07) is 7.22. The van der Waals surface area contributed by atoms with Gasteiger partial charge in [0.05, 0.1) is 25.0 Å². The van der Waals surface area contributed by atoms with Crippen LogP contribution in [0.1, 0.15) is 10.4 Å². The molecule has 5 nitrogen and oxygen atoms in total. The molecule has 2 aromatic rings. The molecule has 0 aliphatic rings. The van der Waals surface area contributed by atoms with Crippen LogP contribution >= 0.6 is 15.9 Å². The van der Waals surface area contributed by atoms with Gasteiger partial charge >= 0.3 is 0 Å². The summed E-state index contributed by atoms with van der Waals surface area (Å²) >= 11 is 3.34. The summed E-state index contributed by atoms with van der Waals surface area (Å²) in [6.07, 6.45) is 3.39. The number of nitrogens with zero attached hydrogens (tertiary/aromatic N) is 2. The van der Waals surface area contributed by atoms with E-state index < -0.39 is 0 Å². The number of carbonyl (C=O) groups excluding carboxylic acids is 1. The second-order valence-electron chi connectivity index (χ2n) is 3.95. The van der Waals surface area contributed by atoms with Gasteiger partial charge in [0, 0.05) is 23.3 Å². The summed E-state index contributed by atoms with van der Waals surface area (Å²) < 4.78 is 7.56. The Labute approximate surface area is 119 Å². The number of anilines is 1. The van der Waals surface area contributed by atoms with Crippen LogP contribution in [0.2, 0.25) is 0 Å². The number of halogens is 1. The van der Waals surface area contributed by atoms with Gasteiger partial charge in [-0.15, -0.1) is 0 Å². The van der Waals surface area contributed by atoms with Gasteiger partial charge in [0.2, 0.25) is 0 Å². The van der Waals surface area contributed by atoms with Crippen molar-refractivity contribution >= 4 is 27.5 Å². The summed E-state index contributed by atoms with van der Waals surface area (Å²) in [5, 5.41) is 6.93. The number of aromatic nitrogens is 2. The molecule has 0 radical (unpaired) electrons. The Bertz CT molecular complexity index is 569. The van der Waals surface area contributed by atoms with Crippen LogP contribution in [-0.2, 0) is 11.3 Å². The molecule has 19 heavy (non-hydrogen) atoms. The molecule has 100 valence electrons. The van der Waals surface area contributed by atoms with Crippen molar-refractivity contribution in [3.63, 3.8) is 0 Å². The molecule has 0 spiro atoms. The lowest BCUT2D eigenvalue weighted by Crippen LogP contribution is -2.11. The van der Waals surface area contributed by atoms with Crippen LogP contribution in [0.25, 0.3) is 0 Å². The predicted octanol–water partition coefficient (Wildman–Crippen LogP) is 2.54. The Hall–Kier alpha value is -1.66. The van der Waals surface area contributed by atoms with Crippen LogP contribution in [0.5, 0.6) is 0 Å². The van der Waals surface area contributed by atoms with Crippen molar-refractivity contribution in [1.29, 1.82) is 0 Å².